The highest BCUT2D eigenvalue weighted by molar-refractivity contribution is 5.35. The number of likely N-dealkylation sites (N-methyl/N-ethyl adjacent to an activating group) is 1. The molecular weight excluding hydrogens is 236 g/mol. The molecule has 0 aromatic heterocycles. The number of hydrogen-bond acceptors (Lipinski definition) is 5. The monoisotopic (exact) mass is 254 g/mol. The fourth-order valence-electron chi connectivity index (χ4n) is 1.96. The Hall–Kier alpha value is -1.50. The molecule has 18 heavy (non-hydrogen) atoms. The summed E-state index contributed by atoms with van der Waals surface area (Å²) in [6.45, 7) is 1.37. The molecule has 0 aliphatic rings. The van der Waals surface area contributed by atoms with Gasteiger partial charge >= 0.3 is 0 Å². The maximum Gasteiger partial charge on any atom is 0.269 e. The Morgan fingerprint density at radius 2 is 1.89 bits per heavy atom. The van der Waals surface area contributed by atoms with Crippen LogP contribution < -0.4 is 0 Å². The summed E-state index contributed by atoms with van der Waals surface area (Å²) in [6.07, 6.45) is 0. The average Bonchev–Trinajstić information content (AvgIpc) is 2.29. The van der Waals surface area contributed by atoms with Gasteiger partial charge in [0.2, 0.25) is 0 Å². The Morgan fingerprint density at radius 3 is 2.22 bits per heavy atom. The van der Waals surface area contributed by atoms with Crippen molar-refractivity contribution in [3.8, 4) is 0 Å². The number of nitrogens with zero attached hydrogens (tertiary/aromatic N) is 2. The third kappa shape index (κ3) is 2.84. The molecule has 2 N–H and O–H groups in total. The third-order valence-electron chi connectivity index (χ3n) is 3.11. The smallest absolute Gasteiger partial charge is 0.269 e. The van der Waals surface area contributed by atoms with E-state index < -0.39 is 16.6 Å². The van der Waals surface area contributed by atoms with Gasteiger partial charge in [0, 0.05) is 12.1 Å². The summed E-state index contributed by atoms with van der Waals surface area (Å²) in [4.78, 5) is 11.8. The molecule has 0 aliphatic carbocycles. The number of aliphatic hydroxyl groups excluding tert-OH is 1. The fourth-order valence-corrected chi connectivity index (χ4v) is 1.96. The lowest BCUT2D eigenvalue weighted by atomic mass is 9.88. The average molecular weight is 254 g/mol. The van der Waals surface area contributed by atoms with Gasteiger partial charge in [-0.3, -0.25) is 10.1 Å². The van der Waals surface area contributed by atoms with E-state index in [9.17, 15) is 20.3 Å². The van der Waals surface area contributed by atoms with E-state index in [1.807, 2.05) is 0 Å². The van der Waals surface area contributed by atoms with Crippen molar-refractivity contribution >= 4 is 5.69 Å². The van der Waals surface area contributed by atoms with Crippen LogP contribution in [-0.4, -0.2) is 46.8 Å². The molecular formula is C12H18N2O4. The van der Waals surface area contributed by atoms with E-state index in [0.29, 0.717) is 5.56 Å². The molecule has 1 aromatic rings. The minimum absolute atomic E-state index is 0.0278. The first-order valence-electron chi connectivity index (χ1n) is 5.55. The second kappa shape index (κ2) is 5.43. The molecule has 1 aromatic carbocycles. The van der Waals surface area contributed by atoms with Crippen LogP contribution in [0.5, 0.6) is 0 Å². The molecule has 1 rings (SSSR count). The van der Waals surface area contributed by atoms with Crippen LogP contribution in [0.15, 0.2) is 24.3 Å². The van der Waals surface area contributed by atoms with Crippen molar-refractivity contribution in [2.24, 2.45) is 0 Å². The van der Waals surface area contributed by atoms with E-state index in [0.717, 1.165) is 0 Å². The molecule has 0 aliphatic heterocycles. The Labute approximate surface area is 106 Å². The van der Waals surface area contributed by atoms with Gasteiger partial charge in [0.1, 0.15) is 5.60 Å². The minimum atomic E-state index is -1.28. The Balaban J connectivity index is 3.07. The maximum atomic E-state index is 10.6. The van der Waals surface area contributed by atoms with Gasteiger partial charge in [-0.05, 0) is 38.7 Å². The summed E-state index contributed by atoms with van der Waals surface area (Å²) in [7, 11) is 3.50. The van der Waals surface area contributed by atoms with Crippen molar-refractivity contribution in [2.45, 2.75) is 18.6 Å². The minimum Gasteiger partial charge on any atom is -0.395 e. The first kappa shape index (κ1) is 14.6. The Kier molecular flexibility index (Phi) is 4.39. The Bertz CT molecular complexity index is 415. The third-order valence-corrected chi connectivity index (χ3v) is 3.11. The standard InChI is InChI=1S/C12H18N2O4/c1-12(16,11(8-15)13(2)3)9-4-6-10(7-5-9)14(17)18/h4-7,11,15-16H,8H2,1-3H3/t11-,12-/m0/s1. The highest BCUT2D eigenvalue weighted by Gasteiger charge is 2.35. The predicted octanol–water partition coefficient (Wildman–Crippen LogP) is 0.725. The van der Waals surface area contributed by atoms with Crippen molar-refractivity contribution < 1.29 is 15.1 Å². The van der Waals surface area contributed by atoms with Crippen LogP contribution in [0.3, 0.4) is 0 Å². The zero-order valence-corrected chi connectivity index (χ0v) is 10.7. The number of nitro benzene ring substituents is 1. The first-order chi connectivity index (χ1) is 8.30. The van der Waals surface area contributed by atoms with Crippen molar-refractivity contribution in [2.75, 3.05) is 20.7 Å². The topological polar surface area (TPSA) is 86.8 Å². The van der Waals surface area contributed by atoms with E-state index in [2.05, 4.69) is 0 Å². The Morgan fingerprint density at radius 1 is 1.39 bits per heavy atom. The van der Waals surface area contributed by atoms with Crippen molar-refractivity contribution in [3.63, 3.8) is 0 Å². The van der Waals surface area contributed by atoms with Gasteiger partial charge in [0.05, 0.1) is 17.6 Å². The van der Waals surface area contributed by atoms with Gasteiger partial charge in [-0.25, -0.2) is 0 Å². The number of nitro groups is 1. The second-order valence-electron chi connectivity index (χ2n) is 4.61. The normalized spacial score (nSPS) is 16.3. The molecule has 0 unspecified atom stereocenters. The van der Waals surface area contributed by atoms with Crippen LogP contribution in [0.2, 0.25) is 0 Å². The van der Waals surface area contributed by atoms with Crippen LogP contribution in [0.25, 0.3) is 0 Å². The van der Waals surface area contributed by atoms with E-state index in [-0.39, 0.29) is 12.3 Å². The summed E-state index contributed by atoms with van der Waals surface area (Å²) >= 11 is 0. The van der Waals surface area contributed by atoms with E-state index >= 15 is 0 Å². The maximum absolute atomic E-state index is 10.6. The van der Waals surface area contributed by atoms with Crippen molar-refractivity contribution in [1.82, 2.24) is 4.90 Å². The largest absolute Gasteiger partial charge is 0.395 e. The lowest BCUT2D eigenvalue weighted by molar-refractivity contribution is -0.384. The molecule has 0 bridgehead atoms. The van der Waals surface area contributed by atoms with Crippen LogP contribution >= 0.6 is 0 Å². The zero-order valence-electron chi connectivity index (χ0n) is 10.7. The molecule has 6 heteroatoms. The van der Waals surface area contributed by atoms with Gasteiger partial charge in [-0.1, -0.05) is 0 Å². The fraction of sp³-hybridized carbons (Fsp3) is 0.500. The van der Waals surface area contributed by atoms with E-state index in [1.54, 1.807) is 25.9 Å². The number of aliphatic hydroxyl groups is 2. The van der Waals surface area contributed by atoms with Crippen LogP contribution in [-0.2, 0) is 5.60 Å². The highest BCUT2D eigenvalue weighted by atomic mass is 16.6. The molecule has 100 valence electrons. The summed E-state index contributed by atoms with van der Waals surface area (Å²) in [6, 6.07) is 5.20. The van der Waals surface area contributed by atoms with Gasteiger partial charge in [-0.15, -0.1) is 0 Å². The summed E-state index contributed by atoms with van der Waals surface area (Å²) in [5.74, 6) is 0. The molecule has 0 fully saturated rings. The van der Waals surface area contributed by atoms with E-state index in [1.165, 1.54) is 24.3 Å². The molecule has 0 radical (unpaired) electrons. The van der Waals surface area contributed by atoms with Gasteiger partial charge < -0.3 is 15.1 Å². The molecule has 0 amide bonds. The number of rotatable bonds is 5. The van der Waals surface area contributed by atoms with Gasteiger partial charge in [0.25, 0.3) is 5.69 Å². The van der Waals surface area contributed by atoms with Crippen LogP contribution in [0.4, 0.5) is 5.69 Å². The molecule has 2 atom stereocenters. The molecule has 0 saturated heterocycles. The number of benzene rings is 1. The molecule has 0 saturated carbocycles. The van der Waals surface area contributed by atoms with Crippen molar-refractivity contribution in [1.29, 1.82) is 0 Å². The van der Waals surface area contributed by atoms with Gasteiger partial charge in [-0.2, -0.15) is 0 Å². The first-order valence-corrected chi connectivity index (χ1v) is 5.55. The lowest BCUT2D eigenvalue weighted by Crippen LogP contribution is -2.48. The number of non-ortho nitro benzene ring substituents is 1. The van der Waals surface area contributed by atoms with Crippen LogP contribution in [0, 0.1) is 10.1 Å². The highest BCUT2D eigenvalue weighted by Crippen LogP contribution is 2.28. The molecule has 0 heterocycles. The quantitative estimate of drug-likeness (QED) is 0.597. The summed E-state index contributed by atoms with van der Waals surface area (Å²) < 4.78 is 0. The van der Waals surface area contributed by atoms with Crippen molar-refractivity contribution in [3.05, 3.63) is 39.9 Å². The second-order valence-corrected chi connectivity index (χ2v) is 4.61. The number of hydrogen-bond donors (Lipinski definition) is 2. The molecule has 6 nitrogen and oxygen atoms in total. The van der Waals surface area contributed by atoms with Gasteiger partial charge in [0.15, 0.2) is 0 Å². The SMILES string of the molecule is CN(C)[C@@H](CO)[C@@](C)(O)c1ccc([N+](=O)[O-])cc1. The molecule has 0 spiro atoms. The summed E-state index contributed by atoms with van der Waals surface area (Å²) in [5.41, 5.74) is -0.784. The van der Waals surface area contributed by atoms with Crippen LogP contribution in [0.1, 0.15) is 12.5 Å². The zero-order chi connectivity index (χ0) is 13.9. The van der Waals surface area contributed by atoms with E-state index in [4.69, 9.17) is 0 Å². The summed E-state index contributed by atoms with van der Waals surface area (Å²) in [5, 5.41) is 30.4. The lowest BCUT2D eigenvalue weighted by Gasteiger charge is -2.36. The predicted molar refractivity (Wildman–Crippen MR) is 67.2 cm³/mol.